The van der Waals surface area contributed by atoms with Crippen molar-refractivity contribution in [1.29, 1.82) is 0 Å². The van der Waals surface area contributed by atoms with Crippen molar-refractivity contribution in [2.45, 2.75) is 113 Å². The number of unbranched alkanes of at least 4 members (excludes halogenated alkanes) is 1. The van der Waals surface area contributed by atoms with Gasteiger partial charge in [-0.2, -0.15) is 0 Å². The highest BCUT2D eigenvalue weighted by Crippen LogP contribution is 2.34. The molecule has 3 aromatic rings. The van der Waals surface area contributed by atoms with Crippen LogP contribution in [0.4, 0.5) is 5.69 Å². The molecule has 2 aliphatic carbocycles. The summed E-state index contributed by atoms with van der Waals surface area (Å²) in [7, 11) is 0. The molecule has 0 spiro atoms. The molecule has 0 aliphatic heterocycles. The number of carbonyl (C=O) groups excluding carboxylic acids is 3. The first kappa shape index (κ1) is 38.3. The fraction of sp³-hybridized carbons (Fsp3) is 0.475. The van der Waals surface area contributed by atoms with Crippen molar-refractivity contribution >= 4 is 23.5 Å². The van der Waals surface area contributed by atoms with Crippen LogP contribution in [0.15, 0.2) is 54.6 Å². The molecule has 1 saturated carbocycles. The summed E-state index contributed by atoms with van der Waals surface area (Å²) < 4.78 is 5.04. The molecule has 2 N–H and O–H groups in total. The van der Waals surface area contributed by atoms with Crippen molar-refractivity contribution < 1.29 is 19.1 Å². The number of benzene rings is 3. The van der Waals surface area contributed by atoms with Gasteiger partial charge in [-0.3, -0.25) is 14.4 Å². The molecule has 6 heteroatoms. The van der Waals surface area contributed by atoms with Crippen LogP contribution >= 0.6 is 0 Å². The number of amides is 2. The normalized spacial score (nSPS) is 14.4. The minimum absolute atomic E-state index is 0.0209. The molecule has 0 heterocycles. The summed E-state index contributed by atoms with van der Waals surface area (Å²) in [6, 6.07) is 18.4. The Hall–Kier alpha value is -3.93. The SMILES string of the molecule is CC(=O)Nc1c(C)cccc1C.CC(=O)Oc1c(C)cccc1C.CCCCNC(=O)C1CCC1.Cc1cccc2c1CC[C@@H]2C. The summed E-state index contributed by atoms with van der Waals surface area (Å²) in [6.07, 6.45) is 8.37. The molecule has 46 heavy (non-hydrogen) atoms. The maximum Gasteiger partial charge on any atom is 0.308 e. The molecule has 1 atom stereocenters. The van der Waals surface area contributed by atoms with Gasteiger partial charge in [0.25, 0.3) is 0 Å². The van der Waals surface area contributed by atoms with E-state index in [1.165, 1.54) is 38.7 Å². The molecule has 3 aromatic carbocycles. The number of hydrogen-bond donors (Lipinski definition) is 2. The van der Waals surface area contributed by atoms with Gasteiger partial charge in [-0.05, 0) is 112 Å². The second-order valence-corrected chi connectivity index (χ2v) is 12.6. The summed E-state index contributed by atoms with van der Waals surface area (Å²) in [5.74, 6) is 1.83. The van der Waals surface area contributed by atoms with E-state index in [0.717, 1.165) is 66.1 Å². The molecule has 5 rings (SSSR count). The van der Waals surface area contributed by atoms with Crippen molar-refractivity contribution in [1.82, 2.24) is 5.32 Å². The van der Waals surface area contributed by atoms with Gasteiger partial charge >= 0.3 is 5.97 Å². The smallest absolute Gasteiger partial charge is 0.308 e. The summed E-state index contributed by atoms with van der Waals surface area (Å²) in [5, 5.41) is 5.75. The molecular formula is C40H56N2O4. The predicted molar refractivity (Wildman–Crippen MR) is 191 cm³/mol. The van der Waals surface area contributed by atoms with Gasteiger partial charge in [-0.15, -0.1) is 0 Å². The van der Waals surface area contributed by atoms with Crippen LogP contribution in [0.3, 0.4) is 0 Å². The van der Waals surface area contributed by atoms with Crippen molar-refractivity contribution in [3.63, 3.8) is 0 Å². The third-order valence-corrected chi connectivity index (χ3v) is 8.55. The highest BCUT2D eigenvalue weighted by atomic mass is 16.5. The number of esters is 1. The Morgan fingerprint density at radius 2 is 1.33 bits per heavy atom. The lowest BCUT2D eigenvalue weighted by Gasteiger charge is -2.23. The average molecular weight is 629 g/mol. The van der Waals surface area contributed by atoms with Gasteiger partial charge in [0.1, 0.15) is 5.75 Å². The van der Waals surface area contributed by atoms with E-state index < -0.39 is 0 Å². The van der Waals surface area contributed by atoms with Gasteiger partial charge in [-0.1, -0.05) is 81.3 Å². The standard InChI is InChI=1S/C11H14.C10H13NO.C10H12O2.C9H17NO/c1-8-4-3-5-10-9(2)6-7-11(8)10;1-7-5-4-6-8(2)10(7)11-9(3)12;1-7-5-4-6-8(2)10(7)12-9(3)11;1-2-3-7-10-9(11)8-5-4-6-8/h3-5,9H,6-7H2,1-2H3;4-6H,1-3H3,(H,11,12);4-6H,1-3H3;8H,2-7H2,1H3,(H,10,11)/t9-;;;/m0.../s1. The van der Waals surface area contributed by atoms with E-state index >= 15 is 0 Å². The Labute approximate surface area is 277 Å². The molecule has 0 radical (unpaired) electrons. The van der Waals surface area contributed by atoms with Crippen LogP contribution in [0.5, 0.6) is 5.75 Å². The Balaban J connectivity index is 0.000000214. The Kier molecular flexibility index (Phi) is 16.3. The maximum absolute atomic E-state index is 11.2. The monoisotopic (exact) mass is 628 g/mol. The van der Waals surface area contributed by atoms with E-state index in [2.05, 4.69) is 49.6 Å². The zero-order chi connectivity index (χ0) is 34.2. The van der Waals surface area contributed by atoms with Crippen LogP contribution in [0, 0.1) is 40.5 Å². The van der Waals surface area contributed by atoms with Crippen LogP contribution in [-0.4, -0.2) is 24.3 Å². The summed E-state index contributed by atoms with van der Waals surface area (Å²) in [5.41, 5.74) is 9.80. The number of para-hydroxylation sites is 2. The minimum atomic E-state index is -0.271. The Bertz CT molecular complexity index is 1340. The molecule has 0 aromatic heterocycles. The average Bonchev–Trinajstić information content (AvgIpc) is 3.35. The summed E-state index contributed by atoms with van der Waals surface area (Å²) >= 11 is 0. The van der Waals surface area contributed by atoms with E-state index in [1.54, 1.807) is 11.1 Å². The molecule has 6 nitrogen and oxygen atoms in total. The number of fused-ring (bicyclic) bond motifs is 1. The molecule has 250 valence electrons. The number of nitrogens with one attached hydrogen (secondary N) is 2. The summed E-state index contributed by atoms with van der Waals surface area (Å²) in [4.78, 5) is 32.7. The van der Waals surface area contributed by atoms with Gasteiger partial charge in [-0.25, -0.2) is 0 Å². The number of anilines is 1. The fourth-order valence-electron chi connectivity index (χ4n) is 5.54. The third kappa shape index (κ3) is 12.5. The topological polar surface area (TPSA) is 84.5 Å². The number of hydrogen-bond acceptors (Lipinski definition) is 4. The highest BCUT2D eigenvalue weighted by molar-refractivity contribution is 5.90. The molecular weight excluding hydrogens is 572 g/mol. The van der Waals surface area contributed by atoms with Crippen molar-refractivity contribution in [3.05, 3.63) is 93.5 Å². The number of carbonyl (C=O) groups is 3. The van der Waals surface area contributed by atoms with Gasteiger partial charge < -0.3 is 15.4 Å². The van der Waals surface area contributed by atoms with E-state index in [0.29, 0.717) is 11.7 Å². The Morgan fingerprint density at radius 3 is 1.80 bits per heavy atom. The quantitative estimate of drug-likeness (QED) is 0.162. The van der Waals surface area contributed by atoms with Gasteiger partial charge in [0.2, 0.25) is 11.8 Å². The maximum atomic E-state index is 11.2. The van der Waals surface area contributed by atoms with Gasteiger partial charge in [0, 0.05) is 32.0 Å². The minimum Gasteiger partial charge on any atom is -0.426 e. The third-order valence-electron chi connectivity index (χ3n) is 8.55. The van der Waals surface area contributed by atoms with E-state index in [1.807, 2.05) is 64.1 Å². The first-order chi connectivity index (χ1) is 21.8. The van der Waals surface area contributed by atoms with Gasteiger partial charge in [0.05, 0.1) is 0 Å². The van der Waals surface area contributed by atoms with Crippen molar-refractivity contribution in [3.8, 4) is 5.75 Å². The lowest BCUT2D eigenvalue weighted by Crippen LogP contribution is -2.34. The van der Waals surface area contributed by atoms with E-state index in [9.17, 15) is 14.4 Å². The molecule has 0 bridgehead atoms. The van der Waals surface area contributed by atoms with Crippen molar-refractivity contribution in [2.75, 3.05) is 11.9 Å². The lowest BCUT2D eigenvalue weighted by atomic mass is 9.85. The summed E-state index contributed by atoms with van der Waals surface area (Å²) in [6.45, 7) is 18.3. The van der Waals surface area contributed by atoms with E-state index in [-0.39, 0.29) is 17.8 Å². The highest BCUT2D eigenvalue weighted by Gasteiger charge is 2.24. The van der Waals surface area contributed by atoms with Crippen molar-refractivity contribution in [2.24, 2.45) is 5.92 Å². The van der Waals surface area contributed by atoms with Crippen LogP contribution < -0.4 is 15.4 Å². The zero-order valence-corrected chi connectivity index (χ0v) is 29.6. The van der Waals surface area contributed by atoms with Crippen LogP contribution in [-0.2, 0) is 20.8 Å². The molecule has 2 amide bonds. The van der Waals surface area contributed by atoms with Gasteiger partial charge in [0.15, 0.2) is 0 Å². The predicted octanol–water partition coefficient (Wildman–Crippen LogP) is 9.24. The number of rotatable bonds is 6. The van der Waals surface area contributed by atoms with Crippen LogP contribution in [0.25, 0.3) is 0 Å². The number of aryl methyl sites for hydroxylation is 5. The lowest BCUT2D eigenvalue weighted by molar-refractivity contribution is -0.132. The van der Waals surface area contributed by atoms with E-state index in [4.69, 9.17) is 4.74 Å². The first-order valence-corrected chi connectivity index (χ1v) is 16.8. The molecule has 2 aliphatic rings. The second-order valence-electron chi connectivity index (χ2n) is 12.6. The molecule has 0 saturated heterocycles. The van der Waals surface area contributed by atoms with Crippen LogP contribution in [0.2, 0.25) is 0 Å². The molecule has 1 fully saturated rings. The zero-order valence-electron chi connectivity index (χ0n) is 29.6. The Morgan fingerprint density at radius 1 is 0.783 bits per heavy atom. The molecule has 0 unspecified atom stereocenters. The second kappa shape index (κ2) is 19.6. The first-order valence-electron chi connectivity index (χ1n) is 16.8. The largest absolute Gasteiger partial charge is 0.426 e. The number of ether oxygens (including phenoxy) is 1. The fourth-order valence-corrected chi connectivity index (χ4v) is 5.54. The van der Waals surface area contributed by atoms with Crippen LogP contribution in [0.1, 0.15) is 111 Å².